The minimum absolute atomic E-state index is 0.147. The molecule has 0 aliphatic carbocycles. The van der Waals surface area contributed by atoms with Crippen LogP contribution in [0.1, 0.15) is 12.5 Å². The maximum Gasteiger partial charge on any atom is 0.332 e. The lowest BCUT2D eigenvalue weighted by atomic mass is 10.1. The van der Waals surface area contributed by atoms with Crippen LogP contribution >= 0.6 is 0 Å². The molecular weight excluding hydrogens is 352 g/mol. The highest BCUT2D eigenvalue weighted by Gasteiger charge is 2.44. The van der Waals surface area contributed by atoms with E-state index in [0.717, 1.165) is 16.7 Å². The monoisotopic (exact) mass is 372 g/mol. The van der Waals surface area contributed by atoms with E-state index >= 15 is 0 Å². The van der Waals surface area contributed by atoms with Gasteiger partial charge in [0.2, 0.25) is 0 Å². The van der Waals surface area contributed by atoms with Crippen molar-refractivity contribution in [3.05, 3.63) is 60.2 Å². The van der Waals surface area contributed by atoms with Crippen molar-refractivity contribution in [2.75, 3.05) is 17.7 Å². The number of imide groups is 1. The Morgan fingerprint density at radius 1 is 0.962 bits per heavy atom. The Hall–Kier alpha value is -2.67. The maximum absolute atomic E-state index is 12.9. The fourth-order valence-electron chi connectivity index (χ4n) is 3.11. The van der Waals surface area contributed by atoms with Gasteiger partial charge in [0.15, 0.2) is 9.84 Å². The predicted octanol–water partition coefficient (Wildman–Crippen LogP) is 2.49. The van der Waals surface area contributed by atoms with Crippen molar-refractivity contribution < 1.29 is 18.0 Å². The number of amides is 3. The molecule has 0 spiro atoms. The van der Waals surface area contributed by atoms with Gasteiger partial charge in [-0.05, 0) is 36.8 Å². The van der Waals surface area contributed by atoms with Crippen molar-refractivity contribution in [3.63, 3.8) is 0 Å². The second kappa shape index (κ2) is 6.92. The molecule has 0 radical (unpaired) electrons. The van der Waals surface area contributed by atoms with Crippen LogP contribution in [0.25, 0.3) is 0 Å². The van der Waals surface area contributed by atoms with Gasteiger partial charge in [-0.25, -0.2) is 18.1 Å². The summed E-state index contributed by atoms with van der Waals surface area (Å²) in [6, 6.07) is 14.4. The number of urea groups is 1. The second-order valence-corrected chi connectivity index (χ2v) is 8.23. The van der Waals surface area contributed by atoms with Crippen LogP contribution in [0.3, 0.4) is 0 Å². The van der Waals surface area contributed by atoms with Crippen LogP contribution in [0.5, 0.6) is 0 Å². The first kappa shape index (κ1) is 18.1. The summed E-state index contributed by atoms with van der Waals surface area (Å²) in [5.41, 5.74) is 1.35. The average Bonchev–Trinajstić information content (AvgIpc) is 2.85. The fraction of sp³-hybridized carbons (Fsp3) is 0.263. The van der Waals surface area contributed by atoms with Gasteiger partial charge in [-0.1, -0.05) is 30.3 Å². The first-order chi connectivity index (χ1) is 12.3. The van der Waals surface area contributed by atoms with E-state index in [1.807, 2.05) is 37.3 Å². The molecule has 0 bridgehead atoms. The smallest absolute Gasteiger partial charge is 0.312 e. The molecule has 3 amide bonds. The molecule has 0 N–H and O–H groups in total. The van der Waals surface area contributed by atoms with E-state index in [2.05, 4.69) is 0 Å². The molecule has 26 heavy (non-hydrogen) atoms. The van der Waals surface area contributed by atoms with Gasteiger partial charge in [-0.3, -0.25) is 4.79 Å². The lowest BCUT2D eigenvalue weighted by Crippen LogP contribution is -2.36. The van der Waals surface area contributed by atoms with E-state index < -0.39 is 15.9 Å². The topological polar surface area (TPSA) is 74.8 Å². The van der Waals surface area contributed by atoms with Crippen molar-refractivity contribution in [2.45, 2.75) is 24.3 Å². The highest BCUT2D eigenvalue weighted by Crippen LogP contribution is 2.28. The van der Waals surface area contributed by atoms with Gasteiger partial charge in [-0.15, -0.1) is 0 Å². The number of carbonyl (C=O) groups excluding carboxylic acids is 2. The molecule has 1 atom stereocenters. The number of benzene rings is 2. The number of hydrogen-bond donors (Lipinski definition) is 0. The lowest BCUT2D eigenvalue weighted by molar-refractivity contribution is -0.119. The van der Waals surface area contributed by atoms with E-state index in [0.29, 0.717) is 18.7 Å². The number of anilines is 1. The molecule has 1 fully saturated rings. The molecule has 3 rings (SSSR count). The van der Waals surface area contributed by atoms with Gasteiger partial charge in [0.25, 0.3) is 5.91 Å². The van der Waals surface area contributed by atoms with Crippen LogP contribution in [0.2, 0.25) is 0 Å². The zero-order valence-corrected chi connectivity index (χ0v) is 15.4. The zero-order valence-electron chi connectivity index (χ0n) is 14.6. The largest absolute Gasteiger partial charge is 0.332 e. The molecule has 1 aliphatic rings. The van der Waals surface area contributed by atoms with Crippen molar-refractivity contribution >= 4 is 27.5 Å². The summed E-state index contributed by atoms with van der Waals surface area (Å²) in [6.07, 6.45) is 1.56. The molecular formula is C19H20N2O4S. The van der Waals surface area contributed by atoms with Gasteiger partial charge < -0.3 is 4.90 Å². The van der Waals surface area contributed by atoms with Gasteiger partial charge >= 0.3 is 6.03 Å². The van der Waals surface area contributed by atoms with E-state index in [1.165, 1.54) is 24.3 Å². The fourth-order valence-corrected chi connectivity index (χ4v) is 3.74. The van der Waals surface area contributed by atoms with E-state index in [-0.39, 0.29) is 16.8 Å². The van der Waals surface area contributed by atoms with Gasteiger partial charge in [-0.2, -0.15) is 0 Å². The summed E-state index contributed by atoms with van der Waals surface area (Å²) in [4.78, 5) is 28.5. The van der Waals surface area contributed by atoms with Gasteiger partial charge in [0.1, 0.15) is 6.04 Å². The molecule has 7 heteroatoms. The van der Waals surface area contributed by atoms with E-state index in [1.54, 1.807) is 4.90 Å². The molecule has 136 valence electrons. The van der Waals surface area contributed by atoms with Crippen LogP contribution in [-0.4, -0.2) is 44.1 Å². The predicted molar refractivity (Wildman–Crippen MR) is 98.7 cm³/mol. The summed E-state index contributed by atoms with van der Waals surface area (Å²) in [7, 11) is -3.34. The number of rotatable bonds is 5. The Balaban J connectivity index is 1.91. The SMILES string of the molecule is CCN1C(=O)N(c2ccc(S(C)(=O)=O)cc2)C(=O)[C@H]1Cc1ccccc1. The zero-order chi connectivity index (χ0) is 18.9. The van der Waals surface area contributed by atoms with Crippen LogP contribution < -0.4 is 4.90 Å². The summed E-state index contributed by atoms with van der Waals surface area (Å²) in [6.45, 7) is 2.25. The molecule has 1 heterocycles. The molecule has 2 aromatic carbocycles. The minimum atomic E-state index is -3.34. The lowest BCUT2D eigenvalue weighted by Gasteiger charge is -2.19. The van der Waals surface area contributed by atoms with Gasteiger partial charge in [0, 0.05) is 19.2 Å². The third kappa shape index (κ3) is 3.35. The highest BCUT2D eigenvalue weighted by atomic mass is 32.2. The summed E-state index contributed by atoms with van der Waals surface area (Å²) in [5, 5.41) is 0. The van der Waals surface area contributed by atoms with Crippen LogP contribution in [0.15, 0.2) is 59.5 Å². The number of carbonyl (C=O) groups is 2. The maximum atomic E-state index is 12.9. The molecule has 6 nitrogen and oxygen atoms in total. The molecule has 2 aromatic rings. The van der Waals surface area contributed by atoms with Crippen molar-refractivity contribution in [2.24, 2.45) is 0 Å². The van der Waals surface area contributed by atoms with E-state index in [4.69, 9.17) is 0 Å². The van der Waals surface area contributed by atoms with Crippen LogP contribution in [-0.2, 0) is 21.1 Å². The average molecular weight is 372 g/mol. The van der Waals surface area contributed by atoms with Crippen LogP contribution in [0.4, 0.5) is 10.5 Å². The summed E-state index contributed by atoms with van der Waals surface area (Å²) in [5.74, 6) is -0.298. The van der Waals surface area contributed by atoms with Crippen molar-refractivity contribution in [1.29, 1.82) is 0 Å². The third-order valence-electron chi connectivity index (χ3n) is 4.45. The quantitative estimate of drug-likeness (QED) is 0.756. The normalized spacial score (nSPS) is 17.8. The minimum Gasteiger partial charge on any atom is -0.312 e. The van der Waals surface area contributed by atoms with Crippen molar-refractivity contribution in [3.8, 4) is 0 Å². The number of hydrogen-bond acceptors (Lipinski definition) is 4. The van der Waals surface area contributed by atoms with Gasteiger partial charge in [0.05, 0.1) is 10.6 Å². The number of sulfone groups is 1. The molecule has 0 saturated carbocycles. The Kier molecular flexibility index (Phi) is 4.82. The Morgan fingerprint density at radius 3 is 2.12 bits per heavy atom. The first-order valence-corrected chi connectivity index (χ1v) is 10.2. The van der Waals surface area contributed by atoms with E-state index in [9.17, 15) is 18.0 Å². The van der Waals surface area contributed by atoms with Crippen LogP contribution in [0, 0.1) is 0 Å². The number of nitrogens with zero attached hydrogens (tertiary/aromatic N) is 2. The molecule has 0 aromatic heterocycles. The molecule has 1 aliphatic heterocycles. The van der Waals surface area contributed by atoms with Crippen molar-refractivity contribution in [1.82, 2.24) is 4.90 Å². The molecule has 1 saturated heterocycles. The Bertz CT molecular complexity index is 924. The molecule has 0 unspecified atom stereocenters. The standard InChI is InChI=1S/C19H20N2O4S/c1-3-20-17(13-14-7-5-4-6-8-14)18(22)21(19(20)23)15-9-11-16(12-10-15)26(2,24)25/h4-12,17H,3,13H2,1-2H3/t17-/m1/s1. The highest BCUT2D eigenvalue weighted by molar-refractivity contribution is 7.90. The Morgan fingerprint density at radius 2 is 1.58 bits per heavy atom. The third-order valence-corrected chi connectivity index (χ3v) is 5.58. The summed E-state index contributed by atoms with van der Waals surface area (Å²) < 4.78 is 23.2. The first-order valence-electron chi connectivity index (χ1n) is 8.31. The Labute approximate surface area is 153 Å². The second-order valence-electron chi connectivity index (χ2n) is 6.21. The number of likely N-dealkylation sites (N-methyl/N-ethyl adjacent to an activating group) is 1. The summed E-state index contributed by atoms with van der Waals surface area (Å²) >= 11 is 0.